The Hall–Kier alpha value is -2.61. The lowest BCUT2D eigenvalue weighted by Crippen LogP contribution is -2.09. The summed E-state index contributed by atoms with van der Waals surface area (Å²) in [5.41, 5.74) is 7.36. The minimum atomic E-state index is -1.82. The number of hydrogen-bond donors (Lipinski definition) is 4. The summed E-state index contributed by atoms with van der Waals surface area (Å²) in [7, 11) is 1.46. The van der Waals surface area contributed by atoms with E-state index in [-0.39, 0.29) is 11.6 Å². The van der Waals surface area contributed by atoms with Crippen molar-refractivity contribution in [2.75, 3.05) is 13.7 Å². The van der Waals surface area contributed by atoms with Crippen molar-refractivity contribution in [3.63, 3.8) is 0 Å². The van der Waals surface area contributed by atoms with Crippen molar-refractivity contribution in [1.29, 1.82) is 0 Å². The summed E-state index contributed by atoms with van der Waals surface area (Å²) in [6, 6.07) is 3.14. The van der Waals surface area contributed by atoms with E-state index in [0.717, 1.165) is 22.9 Å². The number of rotatable bonds is 3. The van der Waals surface area contributed by atoms with Crippen LogP contribution in [0.25, 0.3) is 10.9 Å². The van der Waals surface area contributed by atoms with E-state index in [1.807, 2.05) is 6.20 Å². The Bertz CT molecular complexity index is 641. The molecule has 1 aromatic heterocycles. The number of ether oxygens (including phenoxy) is 1. The third kappa shape index (κ3) is 4.18. The number of carboxylic acids is 2. The first-order chi connectivity index (χ1) is 9.90. The number of aromatic amines is 1. The van der Waals surface area contributed by atoms with Crippen molar-refractivity contribution in [2.24, 2.45) is 5.73 Å². The molecule has 7 nitrogen and oxygen atoms in total. The van der Waals surface area contributed by atoms with Crippen LogP contribution in [0.4, 0.5) is 4.39 Å². The Morgan fingerprint density at radius 3 is 2.43 bits per heavy atom. The maximum absolute atomic E-state index is 13.3. The third-order valence-corrected chi connectivity index (χ3v) is 2.64. The topological polar surface area (TPSA) is 126 Å². The van der Waals surface area contributed by atoms with Crippen LogP contribution in [0.1, 0.15) is 5.56 Å². The molecule has 0 fully saturated rings. The molecule has 0 aliphatic heterocycles. The molecule has 0 radical (unpaired) electrons. The van der Waals surface area contributed by atoms with Crippen molar-refractivity contribution in [2.45, 2.75) is 6.42 Å². The maximum atomic E-state index is 13.3. The highest BCUT2D eigenvalue weighted by molar-refractivity contribution is 6.27. The van der Waals surface area contributed by atoms with E-state index in [1.165, 1.54) is 13.2 Å². The molecule has 2 rings (SSSR count). The van der Waals surface area contributed by atoms with Gasteiger partial charge in [0.2, 0.25) is 0 Å². The lowest BCUT2D eigenvalue weighted by atomic mass is 10.1. The van der Waals surface area contributed by atoms with Gasteiger partial charge in [-0.05, 0) is 24.6 Å². The van der Waals surface area contributed by atoms with Crippen molar-refractivity contribution >= 4 is 22.8 Å². The summed E-state index contributed by atoms with van der Waals surface area (Å²) < 4.78 is 18.3. The van der Waals surface area contributed by atoms with E-state index in [2.05, 4.69) is 4.98 Å². The molecule has 0 atom stereocenters. The first kappa shape index (κ1) is 16.4. The molecule has 0 unspecified atom stereocenters. The van der Waals surface area contributed by atoms with Crippen LogP contribution >= 0.6 is 0 Å². The van der Waals surface area contributed by atoms with Gasteiger partial charge in [-0.2, -0.15) is 0 Å². The van der Waals surface area contributed by atoms with Crippen LogP contribution in [0, 0.1) is 5.82 Å². The van der Waals surface area contributed by atoms with Gasteiger partial charge >= 0.3 is 11.9 Å². The SMILES string of the molecule is COc1cc2c(CCN)c[nH]c2cc1F.O=C(O)C(=O)O. The molecule has 114 valence electrons. The summed E-state index contributed by atoms with van der Waals surface area (Å²) in [5.74, 6) is -3.74. The fourth-order valence-corrected chi connectivity index (χ4v) is 1.70. The number of nitrogens with one attached hydrogen (secondary N) is 1. The van der Waals surface area contributed by atoms with Gasteiger partial charge in [-0.15, -0.1) is 0 Å². The zero-order valence-electron chi connectivity index (χ0n) is 11.2. The number of H-pyrrole nitrogens is 1. The van der Waals surface area contributed by atoms with Gasteiger partial charge in [0.1, 0.15) is 0 Å². The van der Waals surface area contributed by atoms with Crippen LogP contribution in [0.3, 0.4) is 0 Å². The number of carbonyl (C=O) groups is 2. The van der Waals surface area contributed by atoms with E-state index in [1.54, 1.807) is 6.07 Å². The maximum Gasteiger partial charge on any atom is 0.414 e. The Kier molecular flexibility index (Phi) is 5.67. The summed E-state index contributed by atoms with van der Waals surface area (Å²) in [6.45, 7) is 0.576. The predicted molar refractivity (Wildman–Crippen MR) is 72.8 cm³/mol. The summed E-state index contributed by atoms with van der Waals surface area (Å²) in [6.07, 6.45) is 2.63. The number of halogens is 1. The lowest BCUT2D eigenvalue weighted by molar-refractivity contribution is -0.159. The summed E-state index contributed by atoms with van der Waals surface area (Å²) >= 11 is 0. The standard InChI is InChI=1S/C11H13FN2O.C2H2O4/c1-15-11-4-8-7(2-3-13)6-14-10(8)5-9(11)12;3-1(4)2(5)6/h4-6,14H,2-3,13H2,1H3;(H,3,4)(H,5,6). The fraction of sp³-hybridized carbons (Fsp3) is 0.231. The van der Waals surface area contributed by atoms with E-state index < -0.39 is 11.9 Å². The third-order valence-electron chi connectivity index (χ3n) is 2.64. The Morgan fingerprint density at radius 1 is 1.33 bits per heavy atom. The highest BCUT2D eigenvalue weighted by Gasteiger charge is 2.09. The molecule has 0 saturated carbocycles. The molecule has 0 saturated heterocycles. The van der Waals surface area contributed by atoms with Crippen LogP contribution in [0.5, 0.6) is 5.75 Å². The monoisotopic (exact) mass is 298 g/mol. The van der Waals surface area contributed by atoms with Gasteiger partial charge < -0.3 is 25.7 Å². The van der Waals surface area contributed by atoms with Gasteiger partial charge in [0.25, 0.3) is 0 Å². The molecular formula is C13H15FN2O5. The van der Waals surface area contributed by atoms with Gasteiger partial charge in [-0.1, -0.05) is 0 Å². The molecule has 0 bridgehead atoms. The van der Waals surface area contributed by atoms with Crippen molar-refractivity contribution < 1.29 is 28.9 Å². The first-order valence-electron chi connectivity index (χ1n) is 5.90. The number of carboxylic acid groups (broad SMARTS) is 2. The predicted octanol–water partition coefficient (Wildman–Crippen LogP) is 0.972. The highest BCUT2D eigenvalue weighted by Crippen LogP contribution is 2.26. The summed E-state index contributed by atoms with van der Waals surface area (Å²) in [5, 5.41) is 15.8. The number of benzene rings is 1. The van der Waals surface area contributed by atoms with Gasteiger partial charge in [0.05, 0.1) is 7.11 Å². The molecule has 0 aliphatic carbocycles. The number of aliphatic carboxylic acids is 2. The Balaban J connectivity index is 0.000000315. The molecule has 2 aromatic rings. The van der Waals surface area contributed by atoms with Crippen molar-refractivity contribution in [1.82, 2.24) is 4.98 Å². The number of methoxy groups -OCH3 is 1. The first-order valence-corrected chi connectivity index (χ1v) is 5.90. The van der Waals surface area contributed by atoms with Crippen molar-refractivity contribution in [3.8, 4) is 5.75 Å². The molecule has 0 spiro atoms. The quantitative estimate of drug-likeness (QED) is 0.626. The molecule has 8 heteroatoms. The zero-order valence-corrected chi connectivity index (χ0v) is 11.2. The van der Waals surface area contributed by atoms with Gasteiger partial charge in [-0.25, -0.2) is 14.0 Å². The van der Waals surface area contributed by atoms with E-state index in [0.29, 0.717) is 6.54 Å². The largest absolute Gasteiger partial charge is 0.494 e. The van der Waals surface area contributed by atoms with Crippen LogP contribution in [-0.2, 0) is 16.0 Å². The van der Waals surface area contributed by atoms with Crippen LogP contribution < -0.4 is 10.5 Å². The second kappa shape index (κ2) is 7.25. The fourth-order valence-electron chi connectivity index (χ4n) is 1.70. The van der Waals surface area contributed by atoms with Crippen LogP contribution in [0.2, 0.25) is 0 Å². The molecule has 0 amide bonds. The van der Waals surface area contributed by atoms with Crippen molar-refractivity contribution in [3.05, 3.63) is 29.7 Å². The minimum Gasteiger partial charge on any atom is -0.494 e. The smallest absolute Gasteiger partial charge is 0.414 e. The average Bonchev–Trinajstić information content (AvgIpc) is 2.81. The number of nitrogens with two attached hydrogens (primary N) is 1. The van der Waals surface area contributed by atoms with Crippen LogP contribution in [-0.4, -0.2) is 40.8 Å². The van der Waals surface area contributed by atoms with E-state index in [4.69, 9.17) is 30.3 Å². The number of fused-ring (bicyclic) bond motifs is 1. The van der Waals surface area contributed by atoms with Gasteiger partial charge in [0.15, 0.2) is 11.6 Å². The number of hydrogen-bond acceptors (Lipinski definition) is 4. The second-order valence-electron chi connectivity index (χ2n) is 4.00. The van der Waals surface area contributed by atoms with E-state index >= 15 is 0 Å². The molecule has 1 heterocycles. The number of aromatic nitrogens is 1. The van der Waals surface area contributed by atoms with Gasteiger partial charge in [0, 0.05) is 23.2 Å². The zero-order chi connectivity index (χ0) is 16.0. The lowest BCUT2D eigenvalue weighted by Gasteiger charge is -2.02. The Morgan fingerprint density at radius 2 is 1.95 bits per heavy atom. The summed E-state index contributed by atoms with van der Waals surface area (Å²) in [4.78, 5) is 21.2. The van der Waals surface area contributed by atoms with E-state index in [9.17, 15) is 4.39 Å². The van der Waals surface area contributed by atoms with Crippen LogP contribution in [0.15, 0.2) is 18.3 Å². The average molecular weight is 298 g/mol. The second-order valence-corrected chi connectivity index (χ2v) is 4.00. The molecule has 1 aromatic carbocycles. The molecule has 21 heavy (non-hydrogen) atoms. The molecule has 5 N–H and O–H groups in total. The van der Waals surface area contributed by atoms with Gasteiger partial charge in [-0.3, -0.25) is 0 Å². The minimum absolute atomic E-state index is 0.264. The molecule has 0 aliphatic rings. The Labute approximate surface area is 119 Å². The highest BCUT2D eigenvalue weighted by atomic mass is 19.1. The normalized spacial score (nSPS) is 9.86. The molecular weight excluding hydrogens is 283 g/mol.